The lowest BCUT2D eigenvalue weighted by molar-refractivity contribution is -0.113. The van der Waals surface area contributed by atoms with E-state index in [0.717, 1.165) is 4.88 Å². The van der Waals surface area contributed by atoms with Crippen molar-refractivity contribution in [3.8, 4) is 17.9 Å². The van der Waals surface area contributed by atoms with Crippen molar-refractivity contribution < 1.29 is 9.53 Å². The fourth-order valence-corrected chi connectivity index (χ4v) is 4.71. The van der Waals surface area contributed by atoms with Crippen LogP contribution in [0.5, 0.6) is 5.75 Å². The Morgan fingerprint density at radius 2 is 2.10 bits per heavy atom. The number of carbonyl (C=O) groups excluding carboxylic acids is 1. The number of carbonyl (C=O) groups is 1. The van der Waals surface area contributed by atoms with Crippen molar-refractivity contribution in [3.05, 3.63) is 68.5 Å². The summed E-state index contributed by atoms with van der Waals surface area (Å²) in [7, 11) is 1.54. The molecule has 0 radical (unpaired) electrons. The zero-order chi connectivity index (χ0) is 20.8. The molecule has 1 aliphatic heterocycles. The van der Waals surface area contributed by atoms with Crippen molar-refractivity contribution in [3.63, 3.8) is 0 Å². The van der Waals surface area contributed by atoms with Crippen LogP contribution in [0.4, 0.5) is 5.69 Å². The zero-order valence-electron chi connectivity index (χ0n) is 15.9. The van der Waals surface area contributed by atoms with E-state index in [1.54, 1.807) is 26.2 Å². The maximum atomic E-state index is 13.3. The van der Waals surface area contributed by atoms with Gasteiger partial charge in [-0.15, -0.1) is 11.3 Å². The lowest BCUT2D eigenvalue weighted by atomic mass is 9.86. The molecule has 0 saturated carbocycles. The summed E-state index contributed by atoms with van der Waals surface area (Å²) in [5.41, 5.74) is 2.10. The Balaban J connectivity index is 2.03. The number of hydrogen-bond donors (Lipinski definition) is 2. The van der Waals surface area contributed by atoms with Crippen LogP contribution in [-0.2, 0) is 4.79 Å². The van der Waals surface area contributed by atoms with Crippen LogP contribution in [0.3, 0.4) is 0 Å². The molecule has 2 aromatic rings. The van der Waals surface area contributed by atoms with Crippen molar-refractivity contribution in [2.75, 3.05) is 18.2 Å². The van der Waals surface area contributed by atoms with Crippen molar-refractivity contribution in [1.82, 2.24) is 5.32 Å². The number of para-hydroxylation sites is 2. The van der Waals surface area contributed by atoms with E-state index in [0.29, 0.717) is 33.3 Å². The van der Waals surface area contributed by atoms with E-state index in [1.165, 1.54) is 23.1 Å². The Labute approximate surface area is 177 Å². The van der Waals surface area contributed by atoms with Crippen LogP contribution in [0.1, 0.15) is 17.7 Å². The van der Waals surface area contributed by atoms with Gasteiger partial charge in [0.25, 0.3) is 5.91 Å². The van der Waals surface area contributed by atoms with Gasteiger partial charge in [0.15, 0.2) is 0 Å². The molecule has 0 unspecified atom stereocenters. The maximum absolute atomic E-state index is 13.3. The van der Waals surface area contributed by atoms with Crippen LogP contribution in [0.15, 0.2) is 63.7 Å². The minimum atomic E-state index is -0.503. The molecule has 146 valence electrons. The number of anilines is 1. The molecule has 0 bridgehead atoms. The van der Waals surface area contributed by atoms with Crippen molar-refractivity contribution in [1.29, 1.82) is 10.5 Å². The maximum Gasteiger partial charge on any atom is 0.254 e. The number of thiophene rings is 1. The number of nitrogens with zero attached hydrogens (tertiary/aromatic N) is 2. The Morgan fingerprint density at radius 1 is 1.31 bits per heavy atom. The van der Waals surface area contributed by atoms with E-state index in [-0.39, 0.29) is 11.7 Å². The highest BCUT2D eigenvalue weighted by atomic mass is 32.2. The highest BCUT2D eigenvalue weighted by Gasteiger charge is 2.35. The van der Waals surface area contributed by atoms with Crippen molar-refractivity contribution in [2.45, 2.75) is 12.8 Å². The minimum Gasteiger partial charge on any atom is -0.495 e. The highest BCUT2D eigenvalue weighted by molar-refractivity contribution is 8.03. The minimum absolute atomic E-state index is 0.209. The number of hydrogen-bond acceptors (Lipinski definition) is 7. The third-order valence-corrected chi connectivity index (χ3v) is 6.18. The number of ether oxygens (including phenoxy) is 1. The van der Waals surface area contributed by atoms with Crippen LogP contribution in [0.25, 0.3) is 0 Å². The van der Waals surface area contributed by atoms with Crippen LogP contribution >= 0.6 is 23.1 Å². The number of nitrogens with one attached hydrogen (secondary N) is 2. The molecule has 1 aliphatic rings. The summed E-state index contributed by atoms with van der Waals surface area (Å²) in [4.78, 5) is 14.2. The lowest BCUT2D eigenvalue weighted by Crippen LogP contribution is -2.30. The van der Waals surface area contributed by atoms with Crippen molar-refractivity contribution >= 4 is 34.7 Å². The number of benzene rings is 1. The average molecular weight is 423 g/mol. The summed E-state index contributed by atoms with van der Waals surface area (Å²) in [5.74, 6) is -0.0512. The van der Waals surface area contributed by atoms with Gasteiger partial charge in [-0.1, -0.05) is 30.0 Å². The van der Waals surface area contributed by atoms with Gasteiger partial charge < -0.3 is 15.4 Å². The number of dihydropyridines is 1. The molecule has 1 amide bonds. The first-order valence-electron chi connectivity index (χ1n) is 8.70. The van der Waals surface area contributed by atoms with E-state index in [4.69, 9.17) is 10.00 Å². The molecule has 8 heteroatoms. The molecule has 0 aliphatic carbocycles. The van der Waals surface area contributed by atoms with Gasteiger partial charge in [0.2, 0.25) is 0 Å². The van der Waals surface area contributed by atoms with Gasteiger partial charge in [-0.05, 0) is 30.5 Å². The number of amides is 1. The van der Waals surface area contributed by atoms with Crippen LogP contribution in [0.2, 0.25) is 0 Å². The van der Waals surface area contributed by atoms with Crippen molar-refractivity contribution in [2.24, 2.45) is 0 Å². The number of thioether (sulfide) groups is 1. The number of rotatable bonds is 6. The summed E-state index contributed by atoms with van der Waals surface area (Å²) in [6, 6.07) is 15.3. The largest absolute Gasteiger partial charge is 0.495 e. The molecule has 1 aromatic carbocycles. The van der Waals surface area contributed by atoms with Crippen LogP contribution in [-0.4, -0.2) is 18.8 Å². The first-order valence-corrected chi connectivity index (χ1v) is 10.6. The third-order valence-electron chi connectivity index (χ3n) is 4.36. The summed E-state index contributed by atoms with van der Waals surface area (Å²) >= 11 is 2.75. The van der Waals surface area contributed by atoms with Gasteiger partial charge in [0.05, 0.1) is 47.2 Å². The second-order valence-corrected chi connectivity index (χ2v) is 8.03. The normalized spacial score (nSPS) is 15.9. The van der Waals surface area contributed by atoms with Gasteiger partial charge in [0, 0.05) is 16.1 Å². The van der Waals surface area contributed by atoms with Gasteiger partial charge in [0.1, 0.15) is 5.75 Å². The highest BCUT2D eigenvalue weighted by Crippen LogP contribution is 2.42. The average Bonchev–Trinajstić information content (AvgIpc) is 3.26. The molecule has 0 fully saturated rings. The fourth-order valence-electron chi connectivity index (χ4n) is 3.11. The molecular formula is C21H18N4O2S2. The summed E-state index contributed by atoms with van der Waals surface area (Å²) in [6.45, 7) is 1.80. The second-order valence-electron chi connectivity index (χ2n) is 6.07. The fraction of sp³-hybridized carbons (Fsp3) is 0.190. The van der Waals surface area contributed by atoms with Gasteiger partial charge in [-0.25, -0.2) is 0 Å². The molecule has 3 rings (SSSR count). The van der Waals surface area contributed by atoms with E-state index < -0.39 is 5.92 Å². The SMILES string of the molecule is COc1ccccc1NC(=O)C1=C(C)NC(SCC#N)=C(C#N)[C@H]1c1cccs1. The monoisotopic (exact) mass is 422 g/mol. The van der Waals surface area contributed by atoms with Crippen LogP contribution < -0.4 is 15.4 Å². The predicted molar refractivity (Wildman–Crippen MR) is 115 cm³/mol. The Hall–Kier alpha value is -3.20. The third kappa shape index (κ3) is 4.29. The number of nitriles is 2. The molecule has 0 spiro atoms. The van der Waals surface area contributed by atoms with Crippen LogP contribution in [0, 0.1) is 22.7 Å². The van der Waals surface area contributed by atoms with E-state index >= 15 is 0 Å². The molecule has 2 heterocycles. The molecule has 1 aromatic heterocycles. The van der Waals surface area contributed by atoms with Gasteiger partial charge in [-0.2, -0.15) is 10.5 Å². The second kappa shape index (κ2) is 9.33. The summed E-state index contributed by atoms with van der Waals surface area (Å²) in [6.07, 6.45) is 0. The van der Waals surface area contributed by atoms with E-state index in [2.05, 4.69) is 22.8 Å². The Bertz CT molecular complexity index is 1060. The Morgan fingerprint density at radius 3 is 2.76 bits per heavy atom. The quantitative estimate of drug-likeness (QED) is 0.718. The number of methoxy groups -OCH3 is 1. The lowest BCUT2D eigenvalue weighted by Gasteiger charge is -2.28. The van der Waals surface area contributed by atoms with Gasteiger partial charge in [-0.3, -0.25) is 4.79 Å². The standard InChI is InChI=1S/C21H18N4O2S2/c1-13-18(20(26)25-15-6-3-4-7-16(15)27-2)19(17-8-5-10-28-17)14(12-23)21(24-13)29-11-9-22/h3-8,10,19,24H,11H2,1-2H3,(H,25,26)/t19-/m0/s1. The molecule has 6 nitrogen and oxygen atoms in total. The molecule has 1 atom stereocenters. The van der Waals surface area contributed by atoms with E-state index in [1.807, 2.05) is 29.6 Å². The summed E-state index contributed by atoms with van der Waals surface area (Å²) < 4.78 is 5.32. The first kappa shape index (κ1) is 20.5. The van der Waals surface area contributed by atoms with E-state index in [9.17, 15) is 10.1 Å². The predicted octanol–water partition coefficient (Wildman–Crippen LogP) is 4.35. The smallest absolute Gasteiger partial charge is 0.254 e. The molecular weight excluding hydrogens is 404 g/mol. The molecule has 0 saturated heterocycles. The first-order chi connectivity index (χ1) is 14.1. The molecule has 2 N–H and O–H groups in total. The Kier molecular flexibility index (Phi) is 6.61. The number of allylic oxidation sites excluding steroid dienone is 2. The molecule has 29 heavy (non-hydrogen) atoms. The topological polar surface area (TPSA) is 97.9 Å². The zero-order valence-corrected chi connectivity index (χ0v) is 17.5. The summed E-state index contributed by atoms with van der Waals surface area (Å²) in [5, 5.41) is 27.4. The van der Waals surface area contributed by atoms with Gasteiger partial charge >= 0.3 is 0 Å².